The van der Waals surface area contributed by atoms with E-state index in [1.165, 1.54) is 0 Å². The molecule has 1 heterocycles. The Morgan fingerprint density at radius 1 is 1.53 bits per heavy atom. The van der Waals surface area contributed by atoms with Gasteiger partial charge in [-0.2, -0.15) is 0 Å². The Kier molecular flexibility index (Phi) is 3.46. The average molecular weight is 240 g/mol. The molecule has 0 spiro atoms. The third-order valence-corrected chi connectivity index (χ3v) is 4.85. The number of likely N-dealkylation sites (tertiary alicyclic amines) is 1. The summed E-state index contributed by atoms with van der Waals surface area (Å²) in [7, 11) is 0. The van der Waals surface area contributed by atoms with E-state index in [4.69, 9.17) is 5.73 Å². The van der Waals surface area contributed by atoms with Gasteiger partial charge in [-0.3, -0.25) is 4.79 Å². The molecule has 0 aromatic heterocycles. The maximum Gasteiger partial charge on any atom is 0.230 e. The minimum atomic E-state index is -0.405. The average Bonchev–Trinajstić information content (AvgIpc) is 2.83. The third-order valence-electron chi connectivity index (χ3n) is 4.85. The Bertz CT molecular complexity index is 308. The molecule has 1 saturated carbocycles. The number of rotatable bonds is 2. The molecule has 4 atom stereocenters. The zero-order valence-corrected chi connectivity index (χ0v) is 10.9. The van der Waals surface area contributed by atoms with Crippen molar-refractivity contribution >= 4 is 5.91 Å². The second kappa shape index (κ2) is 4.58. The van der Waals surface area contributed by atoms with Gasteiger partial charge in [-0.25, -0.2) is 0 Å². The smallest absolute Gasteiger partial charge is 0.230 e. The number of carbonyl (C=O) groups excluding carboxylic acids is 1. The Morgan fingerprint density at radius 2 is 2.24 bits per heavy atom. The number of carbonyl (C=O) groups is 1. The predicted octanol–water partition coefficient (Wildman–Crippen LogP) is 0.733. The van der Waals surface area contributed by atoms with Gasteiger partial charge >= 0.3 is 0 Å². The van der Waals surface area contributed by atoms with Gasteiger partial charge < -0.3 is 15.7 Å². The largest absolute Gasteiger partial charge is 0.394 e. The summed E-state index contributed by atoms with van der Waals surface area (Å²) in [6.45, 7) is 4.93. The number of hydrogen-bond donors (Lipinski definition) is 2. The molecule has 4 unspecified atom stereocenters. The quantitative estimate of drug-likeness (QED) is 0.748. The van der Waals surface area contributed by atoms with Crippen LogP contribution < -0.4 is 5.73 Å². The predicted molar refractivity (Wildman–Crippen MR) is 66.3 cm³/mol. The van der Waals surface area contributed by atoms with E-state index in [0.717, 1.165) is 32.2 Å². The molecule has 1 amide bonds. The fourth-order valence-electron chi connectivity index (χ4n) is 3.33. The van der Waals surface area contributed by atoms with Gasteiger partial charge in [0.25, 0.3) is 0 Å². The highest BCUT2D eigenvalue weighted by Crippen LogP contribution is 2.40. The Hall–Kier alpha value is -0.610. The Labute approximate surface area is 103 Å². The molecule has 2 rings (SSSR count). The zero-order chi connectivity index (χ0) is 12.6. The van der Waals surface area contributed by atoms with Crippen LogP contribution in [0.3, 0.4) is 0 Å². The molecule has 4 heteroatoms. The van der Waals surface area contributed by atoms with Crippen molar-refractivity contribution in [2.24, 2.45) is 17.1 Å². The molecule has 0 radical (unpaired) electrons. The van der Waals surface area contributed by atoms with Gasteiger partial charge in [-0.05, 0) is 32.1 Å². The van der Waals surface area contributed by atoms with E-state index in [0.29, 0.717) is 5.92 Å². The van der Waals surface area contributed by atoms with Crippen LogP contribution in [0.4, 0.5) is 0 Å². The van der Waals surface area contributed by atoms with Crippen LogP contribution in [0.15, 0.2) is 0 Å². The van der Waals surface area contributed by atoms with Crippen molar-refractivity contribution in [2.75, 3.05) is 13.2 Å². The first kappa shape index (κ1) is 12.8. The van der Waals surface area contributed by atoms with Crippen molar-refractivity contribution in [1.82, 2.24) is 4.90 Å². The topological polar surface area (TPSA) is 66.6 Å². The zero-order valence-electron chi connectivity index (χ0n) is 10.9. The van der Waals surface area contributed by atoms with E-state index >= 15 is 0 Å². The summed E-state index contributed by atoms with van der Waals surface area (Å²) < 4.78 is 0. The molecular weight excluding hydrogens is 216 g/mol. The molecule has 0 aromatic rings. The molecule has 0 bridgehead atoms. The number of amides is 1. The third kappa shape index (κ3) is 1.97. The normalized spacial score (nSPS) is 42.1. The van der Waals surface area contributed by atoms with Crippen LogP contribution in [-0.2, 0) is 4.79 Å². The summed E-state index contributed by atoms with van der Waals surface area (Å²) in [5.41, 5.74) is 5.69. The van der Waals surface area contributed by atoms with Gasteiger partial charge in [0.2, 0.25) is 5.91 Å². The standard InChI is InChI=1S/C13H24N2O2/c1-9-5-7-15(10(9)8-16)12(17)13(2)6-3-4-11(13)14/h9-11,16H,3-8,14H2,1-2H3. The number of aliphatic hydroxyl groups is 1. The van der Waals surface area contributed by atoms with E-state index in [1.54, 1.807) is 0 Å². The van der Waals surface area contributed by atoms with Crippen molar-refractivity contribution in [3.63, 3.8) is 0 Å². The fourth-order valence-corrected chi connectivity index (χ4v) is 3.33. The molecule has 3 N–H and O–H groups in total. The van der Waals surface area contributed by atoms with Gasteiger partial charge in [0.05, 0.1) is 18.1 Å². The Morgan fingerprint density at radius 3 is 2.76 bits per heavy atom. The highest BCUT2D eigenvalue weighted by Gasteiger charge is 2.48. The highest BCUT2D eigenvalue weighted by atomic mass is 16.3. The first-order valence-electron chi connectivity index (χ1n) is 6.68. The molecule has 4 nitrogen and oxygen atoms in total. The van der Waals surface area contributed by atoms with Crippen LogP contribution in [0.25, 0.3) is 0 Å². The van der Waals surface area contributed by atoms with Gasteiger partial charge in [0, 0.05) is 12.6 Å². The lowest BCUT2D eigenvalue weighted by Crippen LogP contribution is -2.52. The van der Waals surface area contributed by atoms with E-state index in [9.17, 15) is 9.90 Å². The summed E-state index contributed by atoms with van der Waals surface area (Å²) in [6.07, 6.45) is 3.85. The first-order valence-corrected chi connectivity index (χ1v) is 6.68. The highest BCUT2D eigenvalue weighted by molar-refractivity contribution is 5.84. The molecule has 1 saturated heterocycles. The molecule has 1 aliphatic carbocycles. The van der Waals surface area contributed by atoms with Crippen molar-refractivity contribution in [2.45, 2.75) is 51.6 Å². The van der Waals surface area contributed by atoms with Gasteiger partial charge in [0.15, 0.2) is 0 Å². The maximum atomic E-state index is 12.6. The summed E-state index contributed by atoms with van der Waals surface area (Å²) in [4.78, 5) is 14.5. The van der Waals surface area contributed by atoms with Crippen LogP contribution in [0.2, 0.25) is 0 Å². The lowest BCUT2D eigenvalue weighted by Gasteiger charge is -2.35. The van der Waals surface area contributed by atoms with E-state index in [-0.39, 0.29) is 24.6 Å². The van der Waals surface area contributed by atoms with Crippen LogP contribution in [0.1, 0.15) is 39.5 Å². The minimum absolute atomic E-state index is 0.00729. The molecule has 98 valence electrons. The lowest BCUT2D eigenvalue weighted by atomic mass is 9.83. The number of nitrogens with zero attached hydrogens (tertiary/aromatic N) is 1. The second-order valence-corrected chi connectivity index (χ2v) is 5.93. The molecule has 17 heavy (non-hydrogen) atoms. The summed E-state index contributed by atoms with van der Waals surface area (Å²) in [6, 6.07) is -0.0302. The second-order valence-electron chi connectivity index (χ2n) is 5.93. The van der Waals surface area contributed by atoms with E-state index in [1.807, 2.05) is 11.8 Å². The van der Waals surface area contributed by atoms with Crippen LogP contribution >= 0.6 is 0 Å². The van der Waals surface area contributed by atoms with E-state index in [2.05, 4.69) is 6.92 Å². The lowest BCUT2D eigenvalue weighted by molar-refractivity contribution is -0.143. The molecular formula is C13H24N2O2. The van der Waals surface area contributed by atoms with Crippen molar-refractivity contribution in [1.29, 1.82) is 0 Å². The number of aliphatic hydroxyl groups excluding tert-OH is 1. The summed E-state index contributed by atoms with van der Waals surface area (Å²) in [5.74, 6) is 0.552. The monoisotopic (exact) mass is 240 g/mol. The maximum absolute atomic E-state index is 12.6. The number of nitrogens with two attached hydrogens (primary N) is 1. The molecule has 0 aromatic carbocycles. The van der Waals surface area contributed by atoms with Gasteiger partial charge in [-0.1, -0.05) is 13.3 Å². The number of hydrogen-bond acceptors (Lipinski definition) is 3. The van der Waals surface area contributed by atoms with Crippen molar-refractivity contribution in [3.8, 4) is 0 Å². The van der Waals surface area contributed by atoms with Gasteiger partial charge in [-0.15, -0.1) is 0 Å². The van der Waals surface area contributed by atoms with E-state index < -0.39 is 5.41 Å². The van der Waals surface area contributed by atoms with Gasteiger partial charge in [0.1, 0.15) is 0 Å². The van der Waals surface area contributed by atoms with Crippen LogP contribution in [0, 0.1) is 11.3 Å². The molecule has 1 aliphatic heterocycles. The van der Waals surface area contributed by atoms with Crippen LogP contribution in [0.5, 0.6) is 0 Å². The minimum Gasteiger partial charge on any atom is -0.394 e. The summed E-state index contributed by atoms with van der Waals surface area (Å²) in [5, 5.41) is 9.42. The molecule has 2 aliphatic rings. The van der Waals surface area contributed by atoms with Crippen molar-refractivity contribution in [3.05, 3.63) is 0 Å². The molecule has 2 fully saturated rings. The summed E-state index contributed by atoms with van der Waals surface area (Å²) >= 11 is 0. The SMILES string of the molecule is CC1CCN(C(=O)C2(C)CCCC2N)C1CO. The Balaban J connectivity index is 2.15. The fraction of sp³-hybridized carbons (Fsp3) is 0.923. The first-order chi connectivity index (χ1) is 8.00. The van der Waals surface area contributed by atoms with Crippen molar-refractivity contribution < 1.29 is 9.90 Å². The van der Waals surface area contributed by atoms with Crippen LogP contribution in [-0.4, -0.2) is 41.1 Å².